The fraction of sp³-hybridized carbons (Fsp3) is 0.700. The third-order valence-electron chi connectivity index (χ3n) is 5.11. The van der Waals surface area contributed by atoms with Crippen molar-refractivity contribution in [1.29, 1.82) is 0 Å². The van der Waals surface area contributed by atoms with Crippen LogP contribution in [0.1, 0.15) is 57.4 Å². The number of nitrogens with zero attached hydrogens (tertiary/aromatic N) is 2. The Hall–Kier alpha value is -1.60. The smallest absolute Gasteiger partial charge is 0.410 e. The molecule has 3 rings (SSSR count). The molecule has 2 amide bonds. The molecular formula is C20H31N3O3S. The largest absolute Gasteiger partial charge is 0.444 e. The molecule has 7 heteroatoms. The number of thiophene rings is 1. The summed E-state index contributed by atoms with van der Waals surface area (Å²) < 4.78 is 5.47. The van der Waals surface area contributed by atoms with E-state index in [2.05, 4.69) is 27.7 Å². The maximum absolute atomic E-state index is 12.8. The van der Waals surface area contributed by atoms with Crippen LogP contribution in [-0.2, 0) is 9.53 Å². The summed E-state index contributed by atoms with van der Waals surface area (Å²) in [4.78, 5) is 30.6. The Morgan fingerprint density at radius 2 is 2.00 bits per heavy atom. The molecule has 1 aromatic heterocycles. The molecule has 2 aliphatic heterocycles. The lowest BCUT2D eigenvalue weighted by molar-refractivity contribution is -0.125. The molecule has 3 heterocycles. The first kappa shape index (κ1) is 20.1. The van der Waals surface area contributed by atoms with E-state index in [1.165, 1.54) is 17.7 Å². The molecule has 0 bridgehead atoms. The first-order valence-corrected chi connectivity index (χ1v) is 10.8. The molecule has 27 heavy (non-hydrogen) atoms. The predicted octanol–water partition coefficient (Wildman–Crippen LogP) is 3.40. The van der Waals surface area contributed by atoms with Gasteiger partial charge in [0.2, 0.25) is 5.91 Å². The lowest BCUT2D eigenvalue weighted by atomic mass is 10.1. The van der Waals surface area contributed by atoms with Crippen LogP contribution in [0.3, 0.4) is 0 Å². The van der Waals surface area contributed by atoms with Crippen LogP contribution >= 0.6 is 11.3 Å². The minimum Gasteiger partial charge on any atom is -0.444 e. The average Bonchev–Trinajstić information content (AvgIpc) is 3.35. The van der Waals surface area contributed by atoms with Gasteiger partial charge < -0.3 is 10.1 Å². The van der Waals surface area contributed by atoms with Crippen LogP contribution in [0.4, 0.5) is 4.79 Å². The van der Waals surface area contributed by atoms with Crippen molar-refractivity contribution in [2.24, 2.45) is 0 Å². The van der Waals surface area contributed by atoms with Gasteiger partial charge in [-0.25, -0.2) is 4.79 Å². The average molecular weight is 394 g/mol. The quantitative estimate of drug-likeness (QED) is 0.833. The molecule has 150 valence electrons. The number of rotatable bonds is 5. The molecule has 2 fully saturated rings. The van der Waals surface area contributed by atoms with Gasteiger partial charge >= 0.3 is 6.09 Å². The zero-order valence-corrected chi connectivity index (χ0v) is 17.4. The third-order valence-corrected chi connectivity index (χ3v) is 6.08. The van der Waals surface area contributed by atoms with Gasteiger partial charge in [-0.2, -0.15) is 0 Å². The van der Waals surface area contributed by atoms with Gasteiger partial charge in [0.25, 0.3) is 0 Å². The third kappa shape index (κ3) is 5.23. The highest BCUT2D eigenvalue weighted by molar-refractivity contribution is 7.10. The molecule has 6 nitrogen and oxygen atoms in total. The van der Waals surface area contributed by atoms with Crippen molar-refractivity contribution in [2.75, 3.05) is 26.2 Å². The van der Waals surface area contributed by atoms with Crippen molar-refractivity contribution in [1.82, 2.24) is 15.1 Å². The molecule has 2 aliphatic rings. The summed E-state index contributed by atoms with van der Waals surface area (Å²) in [6.07, 6.45) is 3.56. The molecular weight excluding hydrogens is 362 g/mol. The van der Waals surface area contributed by atoms with Crippen LogP contribution in [0.5, 0.6) is 0 Å². The van der Waals surface area contributed by atoms with Gasteiger partial charge in [0, 0.05) is 18.0 Å². The molecule has 1 N–H and O–H groups in total. The maximum Gasteiger partial charge on any atom is 0.410 e. The standard InChI is InChI=1S/C20H31N3O3S/c1-20(2,3)26-19(25)23-12-6-8-15(23)18(24)21-14-16(17-9-7-13-27-17)22-10-4-5-11-22/h7,9,13,15-16H,4-6,8,10-12,14H2,1-3H3,(H,21,24)/t15-,16?/m0/s1. The van der Waals surface area contributed by atoms with Crippen LogP contribution in [-0.4, -0.2) is 59.6 Å². The molecule has 2 saturated heterocycles. The molecule has 2 atom stereocenters. The first-order chi connectivity index (χ1) is 12.8. The highest BCUT2D eigenvalue weighted by atomic mass is 32.1. The van der Waals surface area contributed by atoms with Gasteiger partial charge in [0.15, 0.2) is 0 Å². The van der Waals surface area contributed by atoms with Gasteiger partial charge in [-0.3, -0.25) is 14.6 Å². The number of carbonyl (C=O) groups excluding carboxylic acids is 2. The van der Waals surface area contributed by atoms with E-state index in [1.807, 2.05) is 20.8 Å². The number of carbonyl (C=O) groups is 2. The van der Waals surface area contributed by atoms with Crippen LogP contribution in [0.2, 0.25) is 0 Å². The summed E-state index contributed by atoms with van der Waals surface area (Å²) in [5, 5.41) is 5.20. The molecule has 0 radical (unpaired) electrons. The summed E-state index contributed by atoms with van der Waals surface area (Å²) >= 11 is 1.74. The molecule has 0 saturated carbocycles. The maximum atomic E-state index is 12.8. The first-order valence-electron chi connectivity index (χ1n) is 9.90. The van der Waals surface area contributed by atoms with Crippen molar-refractivity contribution in [3.05, 3.63) is 22.4 Å². The van der Waals surface area contributed by atoms with E-state index in [4.69, 9.17) is 4.74 Å². The lowest BCUT2D eigenvalue weighted by Gasteiger charge is -2.30. The normalized spacial score (nSPS) is 22.0. The topological polar surface area (TPSA) is 61.9 Å². The van der Waals surface area contributed by atoms with E-state index in [9.17, 15) is 9.59 Å². The summed E-state index contributed by atoms with van der Waals surface area (Å²) in [6, 6.07) is 3.99. The number of nitrogens with one attached hydrogen (secondary N) is 1. The monoisotopic (exact) mass is 393 g/mol. The van der Waals surface area contributed by atoms with Crippen LogP contribution in [0.15, 0.2) is 17.5 Å². The van der Waals surface area contributed by atoms with Crippen molar-refractivity contribution in [2.45, 2.75) is 64.1 Å². The number of ether oxygens (including phenoxy) is 1. The van der Waals surface area contributed by atoms with Crippen molar-refractivity contribution >= 4 is 23.3 Å². The Bertz CT molecular complexity index is 635. The fourth-order valence-corrected chi connectivity index (χ4v) is 4.70. The molecule has 1 unspecified atom stereocenters. The van der Waals surface area contributed by atoms with E-state index in [1.54, 1.807) is 16.2 Å². The Morgan fingerprint density at radius 3 is 2.63 bits per heavy atom. The zero-order chi connectivity index (χ0) is 19.4. The van der Waals surface area contributed by atoms with Gasteiger partial charge in [0.1, 0.15) is 11.6 Å². The minimum absolute atomic E-state index is 0.0703. The Balaban J connectivity index is 1.60. The van der Waals surface area contributed by atoms with Crippen molar-refractivity contribution in [3.8, 4) is 0 Å². The molecule has 0 aliphatic carbocycles. The SMILES string of the molecule is CC(C)(C)OC(=O)N1CCC[C@H]1C(=O)NCC(c1cccs1)N1CCCC1. The highest BCUT2D eigenvalue weighted by Gasteiger charge is 2.37. The van der Waals surface area contributed by atoms with E-state index in [0.717, 1.165) is 19.5 Å². The zero-order valence-electron chi connectivity index (χ0n) is 16.6. The Morgan fingerprint density at radius 1 is 1.26 bits per heavy atom. The number of hydrogen-bond acceptors (Lipinski definition) is 5. The molecule has 1 aromatic rings. The number of amides is 2. The van der Waals surface area contributed by atoms with Gasteiger partial charge in [-0.15, -0.1) is 11.3 Å². The van der Waals surface area contributed by atoms with Crippen LogP contribution in [0, 0.1) is 0 Å². The fourth-order valence-electron chi connectivity index (χ4n) is 3.84. The predicted molar refractivity (Wildman–Crippen MR) is 107 cm³/mol. The molecule has 0 aromatic carbocycles. The second-order valence-electron chi connectivity index (χ2n) is 8.35. The van der Waals surface area contributed by atoms with Crippen molar-refractivity contribution in [3.63, 3.8) is 0 Å². The van der Waals surface area contributed by atoms with Crippen molar-refractivity contribution < 1.29 is 14.3 Å². The number of hydrogen-bond donors (Lipinski definition) is 1. The lowest BCUT2D eigenvalue weighted by Crippen LogP contribution is -2.49. The van der Waals surface area contributed by atoms with E-state index >= 15 is 0 Å². The van der Waals surface area contributed by atoms with E-state index in [0.29, 0.717) is 19.5 Å². The van der Waals surface area contributed by atoms with E-state index in [-0.39, 0.29) is 11.9 Å². The summed E-state index contributed by atoms with van der Waals surface area (Å²) in [5.74, 6) is -0.0703. The van der Waals surface area contributed by atoms with E-state index < -0.39 is 17.7 Å². The highest BCUT2D eigenvalue weighted by Crippen LogP contribution is 2.28. The number of likely N-dealkylation sites (tertiary alicyclic amines) is 2. The summed E-state index contributed by atoms with van der Waals surface area (Å²) in [6.45, 7) is 8.84. The van der Waals surface area contributed by atoms with Crippen LogP contribution < -0.4 is 5.32 Å². The van der Waals surface area contributed by atoms with Gasteiger partial charge in [0.05, 0.1) is 6.04 Å². The second-order valence-corrected chi connectivity index (χ2v) is 9.33. The minimum atomic E-state index is -0.555. The Kier molecular flexibility index (Phi) is 6.42. The summed E-state index contributed by atoms with van der Waals surface area (Å²) in [7, 11) is 0. The van der Waals surface area contributed by atoms with Gasteiger partial charge in [-0.1, -0.05) is 6.07 Å². The van der Waals surface area contributed by atoms with Crippen LogP contribution in [0.25, 0.3) is 0 Å². The van der Waals surface area contributed by atoms with Gasteiger partial charge in [-0.05, 0) is 71.0 Å². The summed E-state index contributed by atoms with van der Waals surface area (Å²) in [5.41, 5.74) is -0.555. The molecule has 0 spiro atoms. The second kappa shape index (κ2) is 8.61. The Labute approximate surface area is 165 Å².